The Kier molecular flexibility index (Phi) is 4.24. The standard InChI is InChI=1S/C6H7N/c1-3-4-5-6-7-2/h5-6H,1H2,2H3. The molecule has 0 rings (SSSR count). The van der Waals surface area contributed by atoms with Crippen molar-refractivity contribution < 1.29 is 0 Å². The van der Waals surface area contributed by atoms with Gasteiger partial charge in [0.1, 0.15) is 0 Å². The minimum absolute atomic E-state index is 1.62. The van der Waals surface area contributed by atoms with E-state index in [0.717, 1.165) is 0 Å². The summed E-state index contributed by atoms with van der Waals surface area (Å²) < 4.78 is 0. The van der Waals surface area contributed by atoms with Crippen LogP contribution in [-0.2, 0) is 0 Å². The molecule has 0 saturated heterocycles. The maximum atomic E-state index is 3.66. The van der Waals surface area contributed by atoms with Gasteiger partial charge in [-0.25, -0.2) is 0 Å². The molecule has 0 unspecified atom stereocenters. The van der Waals surface area contributed by atoms with Crippen LogP contribution in [0.2, 0.25) is 0 Å². The third-order valence-corrected chi connectivity index (χ3v) is 0.409. The largest absolute Gasteiger partial charge is 0.296 e. The molecule has 0 amide bonds. The normalized spacial score (nSPS) is 7.57. The molecular weight excluding hydrogens is 86.1 g/mol. The lowest BCUT2D eigenvalue weighted by atomic mass is 10.6. The highest BCUT2D eigenvalue weighted by Crippen LogP contribution is 1.55. The lowest BCUT2D eigenvalue weighted by Gasteiger charge is -1.59. The van der Waals surface area contributed by atoms with Gasteiger partial charge in [-0.1, -0.05) is 11.5 Å². The van der Waals surface area contributed by atoms with Gasteiger partial charge in [0.25, 0.3) is 0 Å². The van der Waals surface area contributed by atoms with Crippen LogP contribution in [-0.4, -0.2) is 13.3 Å². The Bertz CT molecular complexity index is 132. The van der Waals surface area contributed by atoms with E-state index in [1.54, 1.807) is 19.3 Å². The maximum absolute atomic E-state index is 3.66. The molecule has 0 fully saturated rings. The number of nitrogens with zero attached hydrogens (tertiary/aromatic N) is 1. The molecule has 0 heterocycles. The first-order valence-corrected chi connectivity index (χ1v) is 1.93. The zero-order valence-electron chi connectivity index (χ0n) is 4.31. The van der Waals surface area contributed by atoms with Crippen LogP contribution < -0.4 is 0 Å². The number of aliphatic imine (C=N–C) groups is 1. The minimum atomic E-state index is 1.62. The van der Waals surface area contributed by atoms with E-state index >= 15 is 0 Å². The third-order valence-electron chi connectivity index (χ3n) is 0.409. The zero-order valence-corrected chi connectivity index (χ0v) is 4.31. The second-order valence-electron chi connectivity index (χ2n) is 0.895. The van der Waals surface area contributed by atoms with E-state index < -0.39 is 0 Å². The highest BCUT2D eigenvalue weighted by atomic mass is 14.6. The van der Waals surface area contributed by atoms with Gasteiger partial charge in [-0.2, -0.15) is 0 Å². The van der Waals surface area contributed by atoms with Gasteiger partial charge in [0.2, 0.25) is 0 Å². The fourth-order valence-electron chi connectivity index (χ4n) is 0.171. The van der Waals surface area contributed by atoms with E-state index in [4.69, 9.17) is 0 Å². The lowest BCUT2D eigenvalue weighted by molar-refractivity contribution is 1.48. The minimum Gasteiger partial charge on any atom is -0.296 e. The molecule has 1 heteroatoms. The monoisotopic (exact) mass is 93.1 g/mol. The second-order valence-corrected chi connectivity index (χ2v) is 0.895. The summed E-state index contributed by atoms with van der Waals surface area (Å²) in [5, 5.41) is 0. The van der Waals surface area contributed by atoms with Crippen LogP contribution in [0.4, 0.5) is 0 Å². The molecule has 7 heavy (non-hydrogen) atoms. The summed E-state index contributed by atoms with van der Waals surface area (Å²) in [6.07, 6.45) is 3.27. The topological polar surface area (TPSA) is 12.4 Å². The molecule has 0 aromatic rings. The van der Waals surface area contributed by atoms with Crippen LogP contribution in [0, 0.1) is 0 Å². The lowest BCUT2D eigenvalue weighted by Crippen LogP contribution is -1.54. The smallest absolute Gasteiger partial charge is 0.0292 e. The van der Waals surface area contributed by atoms with Gasteiger partial charge in [0.05, 0.1) is 0 Å². The molecular formula is C6H7N. The molecule has 0 aliphatic rings. The van der Waals surface area contributed by atoms with E-state index in [2.05, 4.69) is 23.0 Å². The van der Waals surface area contributed by atoms with Gasteiger partial charge in [0.15, 0.2) is 0 Å². The molecule has 1 nitrogen and oxygen atoms in total. The van der Waals surface area contributed by atoms with Crippen LogP contribution in [0.15, 0.2) is 29.1 Å². The van der Waals surface area contributed by atoms with Crippen molar-refractivity contribution in [1.29, 1.82) is 0 Å². The first-order chi connectivity index (χ1) is 3.41. The maximum Gasteiger partial charge on any atom is 0.0292 e. The van der Waals surface area contributed by atoms with Gasteiger partial charge in [-0.15, -0.1) is 0 Å². The van der Waals surface area contributed by atoms with Crippen molar-refractivity contribution in [2.24, 2.45) is 4.99 Å². The predicted molar refractivity (Wildman–Crippen MR) is 31.6 cm³/mol. The molecule has 0 radical (unpaired) electrons. The summed E-state index contributed by atoms with van der Waals surface area (Å²) in [6.45, 7) is 3.30. The van der Waals surface area contributed by atoms with Crippen molar-refractivity contribution in [3.63, 3.8) is 0 Å². The summed E-state index contributed by atoms with van der Waals surface area (Å²) in [7, 11) is 1.70. The first-order valence-electron chi connectivity index (χ1n) is 1.93. The van der Waals surface area contributed by atoms with Gasteiger partial charge in [-0.3, -0.25) is 4.99 Å². The molecule has 36 valence electrons. The SMILES string of the molecule is C=C=C=CC=NC. The van der Waals surface area contributed by atoms with Gasteiger partial charge in [-0.05, 0) is 6.58 Å². The summed E-state index contributed by atoms with van der Waals surface area (Å²) in [5.74, 6) is 0. The molecule has 0 saturated carbocycles. The van der Waals surface area contributed by atoms with E-state index in [0.29, 0.717) is 0 Å². The van der Waals surface area contributed by atoms with E-state index in [-0.39, 0.29) is 0 Å². The number of rotatable bonds is 1. The van der Waals surface area contributed by atoms with Crippen molar-refractivity contribution >= 4 is 6.21 Å². The van der Waals surface area contributed by atoms with Crippen molar-refractivity contribution in [3.05, 3.63) is 24.1 Å². The molecule has 0 aromatic carbocycles. The predicted octanol–water partition coefficient (Wildman–Crippen LogP) is 1.18. The first kappa shape index (κ1) is 5.97. The van der Waals surface area contributed by atoms with E-state index in [1.807, 2.05) is 0 Å². The molecule has 0 aromatic heterocycles. The Morgan fingerprint density at radius 2 is 2.43 bits per heavy atom. The van der Waals surface area contributed by atoms with Crippen LogP contribution in [0.25, 0.3) is 0 Å². The van der Waals surface area contributed by atoms with Crippen molar-refractivity contribution in [3.8, 4) is 0 Å². The summed E-state index contributed by atoms with van der Waals surface area (Å²) >= 11 is 0. The molecule has 0 aliphatic carbocycles. The van der Waals surface area contributed by atoms with Crippen molar-refractivity contribution in [2.75, 3.05) is 7.05 Å². The molecule has 0 spiro atoms. The molecule has 0 N–H and O–H groups in total. The number of hydrogen-bond donors (Lipinski definition) is 0. The Morgan fingerprint density at radius 3 is 2.86 bits per heavy atom. The van der Waals surface area contributed by atoms with Gasteiger partial charge >= 0.3 is 0 Å². The van der Waals surface area contributed by atoms with E-state index in [9.17, 15) is 0 Å². The summed E-state index contributed by atoms with van der Waals surface area (Å²) in [6, 6.07) is 0. The van der Waals surface area contributed by atoms with Crippen LogP contribution in [0.1, 0.15) is 0 Å². The summed E-state index contributed by atoms with van der Waals surface area (Å²) in [5.41, 5.74) is 5.07. The number of hydrogen-bond acceptors (Lipinski definition) is 1. The highest BCUT2D eigenvalue weighted by molar-refractivity contribution is 5.70. The molecule has 0 aliphatic heterocycles. The quantitative estimate of drug-likeness (QED) is 0.341. The second kappa shape index (κ2) is 4.97. The fraction of sp³-hybridized carbons (Fsp3) is 0.167. The van der Waals surface area contributed by atoms with Gasteiger partial charge < -0.3 is 0 Å². The Morgan fingerprint density at radius 1 is 1.71 bits per heavy atom. The Balaban J connectivity index is 3.71. The average Bonchev–Trinajstić information content (AvgIpc) is 1.69. The van der Waals surface area contributed by atoms with Crippen LogP contribution >= 0.6 is 0 Å². The van der Waals surface area contributed by atoms with Crippen molar-refractivity contribution in [2.45, 2.75) is 0 Å². The number of allylic oxidation sites excluding steroid dienone is 1. The average molecular weight is 93.1 g/mol. The molecule has 0 atom stereocenters. The fourth-order valence-corrected chi connectivity index (χ4v) is 0.171. The zero-order chi connectivity index (χ0) is 5.54. The van der Waals surface area contributed by atoms with Crippen LogP contribution in [0.3, 0.4) is 0 Å². The Hall–Kier alpha value is -1.03. The van der Waals surface area contributed by atoms with Gasteiger partial charge in [0, 0.05) is 19.3 Å². The highest BCUT2D eigenvalue weighted by Gasteiger charge is 1.47. The molecule has 0 bridgehead atoms. The van der Waals surface area contributed by atoms with Crippen LogP contribution in [0.5, 0.6) is 0 Å². The summed E-state index contributed by atoms with van der Waals surface area (Å²) in [4.78, 5) is 3.66. The third kappa shape index (κ3) is 4.97. The van der Waals surface area contributed by atoms with Crippen molar-refractivity contribution in [1.82, 2.24) is 0 Å². The van der Waals surface area contributed by atoms with E-state index in [1.165, 1.54) is 0 Å². The Labute approximate surface area is 43.4 Å².